The number of aromatic nitrogens is 1. The Labute approximate surface area is 195 Å². The molecular weight excluding hydrogens is 432 g/mol. The number of non-ortho nitro benzene ring substituents is 1. The first-order chi connectivity index (χ1) is 16.5. The number of benzene rings is 3. The number of aromatic amines is 1. The molecule has 0 atom stereocenters. The number of nitrogens with zero attached hydrogens (tertiary/aromatic N) is 1. The number of hydrogen-bond acceptors (Lipinski definition) is 4. The van der Waals surface area contributed by atoms with Crippen LogP contribution in [0.2, 0.25) is 0 Å². The van der Waals surface area contributed by atoms with Crippen molar-refractivity contribution in [2.45, 2.75) is 6.42 Å². The Morgan fingerprint density at radius 1 is 0.941 bits per heavy atom. The van der Waals surface area contributed by atoms with Crippen LogP contribution in [0, 0.1) is 10.1 Å². The van der Waals surface area contributed by atoms with E-state index in [9.17, 15) is 19.7 Å². The second-order valence-corrected chi connectivity index (χ2v) is 7.59. The Hall–Kier alpha value is -4.72. The zero-order valence-corrected chi connectivity index (χ0v) is 18.2. The molecule has 3 aromatic carbocycles. The topological polar surface area (TPSA) is 117 Å². The first kappa shape index (κ1) is 22.5. The molecule has 0 aliphatic rings. The number of nitro groups is 1. The number of para-hydroxylation sites is 1. The van der Waals surface area contributed by atoms with Gasteiger partial charge in [-0.3, -0.25) is 19.7 Å². The van der Waals surface area contributed by atoms with Gasteiger partial charge in [0.15, 0.2) is 0 Å². The molecule has 4 aromatic rings. The Bertz CT molecular complexity index is 1360. The minimum Gasteiger partial charge on any atom is -0.361 e. The molecule has 1 heterocycles. The summed E-state index contributed by atoms with van der Waals surface area (Å²) in [6, 6.07) is 22.2. The van der Waals surface area contributed by atoms with Gasteiger partial charge < -0.3 is 15.6 Å². The van der Waals surface area contributed by atoms with Crippen LogP contribution in [-0.4, -0.2) is 28.3 Å². The molecule has 2 amide bonds. The van der Waals surface area contributed by atoms with Gasteiger partial charge in [0.1, 0.15) is 5.70 Å². The normalized spacial score (nSPS) is 11.2. The van der Waals surface area contributed by atoms with Crippen LogP contribution < -0.4 is 10.6 Å². The number of amides is 2. The summed E-state index contributed by atoms with van der Waals surface area (Å²) in [5.74, 6) is -0.886. The van der Waals surface area contributed by atoms with Gasteiger partial charge in [0.2, 0.25) is 0 Å². The maximum absolute atomic E-state index is 13.0. The molecule has 34 heavy (non-hydrogen) atoms. The van der Waals surface area contributed by atoms with E-state index in [0.717, 1.165) is 16.5 Å². The van der Waals surface area contributed by atoms with Gasteiger partial charge in [-0.25, -0.2) is 0 Å². The number of H-pyrrole nitrogens is 1. The number of nitro benzene ring substituents is 1. The highest BCUT2D eigenvalue weighted by Gasteiger charge is 2.15. The predicted octanol–water partition coefficient (Wildman–Crippen LogP) is 4.21. The molecule has 4 rings (SSSR count). The summed E-state index contributed by atoms with van der Waals surface area (Å²) >= 11 is 0. The Morgan fingerprint density at radius 3 is 2.38 bits per heavy atom. The van der Waals surface area contributed by atoms with Crippen LogP contribution in [0.1, 0.15) is 21.5 Å². The van der Waals surface area contributed by atoms with E-state index in [1.807, 2.05) is 30.5 Å². The molecule has 3 N–H and O–H groups in total. The molecule has 0 aliphatic carbocycles. The second-order valence-electron chi connectivity index (χ2n) is 7.59. The maximum atomic E-state index is 13.0. The zero-order valence-electron chi connectivity index (χ0n) is 18.2. The minimum absolute atomic E-state index is 0.0432. The maximum Gasteiger partial charge on any atom is 0.269 e. The first-order valence-corrected chi connectivity index (χ1v) is 10.7. The van der Waals surface area contributed by atoms with Crippen LogP contribution in [0.15, 0.2) is 90.8 Å². The molecule has 8 nitrogen and oxygen atoms in total. The molecule has 0 aliphatic heterocycles. The van der Waals surface area contributed by atoms with Crippen LogP contribution in [0.3, 0.4) is 0 Å². The zero-order chi connectivity index (χ0) is 23.9. The van der Waals surface area contributed by atoms with Crippen LogP contribution in [0.25, 0.3) is 17.0 Å². The average molecular weight is 454 g/mol. The van der Waals surface area contributed by atoms with Crippen molar-refractivity contribution in [2.24, 2.45) is 0 Å². The minimum atomic E-state index is -0.497. The lowest BCUT2D eigenvalue weighted by molar-refractivity contribution is -0.384. The van der Waals surface area contributed by atoms with Crippen molar-refractivity contribution in [3.05, 3.63) is 118 Å². The molecule has 170 valence electrons. The largest absolute Gasteiger partial charge is 0.361 e. The van der Waals surface area contributed by atoms with Crippen molar-refractivity contribution in [1.29, 1.82) is 0 Å². The Kier molecular flexibility index (Phi) is 6.78. The van der Waals surface area contributed by atoms with E-state index in [1.165, 1.54) is 30.3 Å². The van der Waals surface area contributed by atoms with Gasteiger partial charge in [0.25, 0.3) is 17.5 Å². The van der Waals surface area contributed by atoms with Gasteiger partial charge in [-0.15, -0.1) is 0 Å². The Balaban J connectivity index is 1.50. The van der Waals surface area contributed by atoms with E-state index < -0.39 is 16.7 Å². The van der Waals surface area contributed by atoms with Gasteiger partial charge in [-0.2, -0.15) is 0 Å². The monoisotopic (exact) mass is 454 g/mol. The van der Waals surface area contributed by atoms with Crippen molar-refractivity contribution >= 4 is 34.5 Å². The van der Waals surface area contributed by atoms with E-state index in [2.05, 4.69) is 15.6 Å². The lowest BCUT2D eigenvalue weighted by atomic mass is 10.1. The van der Waals surface area contributed by atoms with Crippen LogP contribution in [-0.2, 0) is 11.2 Å². The summed E-state index contributed by atoms with van der Waals surface area (Å²) in [4.78, 5) is 39.3. The van der Waals surface area contributed by atoms with Crippen molar-refractivity contribution in [3.63, 3.8) is 0 Å². The lowest BCUT2D eigenvalue weighted by Gasteiger charge is -2.11. The van der Waals surface area contributed by atoms with Gasteiger partial charge >= 0.3 is 0 Å². The number of hydrogen-bond donors (Lipinski definition) is 3. The average Bonchev–Trinajstić information content (AvgIpc) is 3.27. The molecule has 0 unspecified atom stereocenters. The quantitative estimate of drug-likeness (QED) is 0.210. The third kappa shape index (κ3) is 5.36. The van der Waals surface area contributed by atoms with Crippen LogP contribution in [0.5, 0.6) is 0 Å². The van der Waals surface area contributed by atoms with E-state index in [0.29, 0.717) is 24.1 Å². The summed E-state index contributed by atoms with van der Waals surface area (Å²) < 4.78 is 0. The Morgan fingerprint density at radius 2 is 1.65 bits per heavy atom. The number of fused-ring (bicyclic) bond motifs is 1. The number of carbonyl (C=O) groups is 2. The van der Waals surface area contributed by atoms with Crippen molar-refractivity contribution in [2.75, 3.05) is 6.54 Å². The van der Waals surface area contributed by atoms with E-state index >= 15 is 0 Å². The van der Waals surface area contributed by atoms with Crippen LogP contribution >= 0.6 is 0 Å². The van der Waals surface area contributed by atoms with E-state index in [1.54, 1.807) is 30.3 Å². The molecule has 0 radical (unpaired) electrons. The summed E-state index contributed by atoms with van der Waals surface area (Å²) in [7, 11) is 0. The van der Waals surface area contributed by atoms with Gasteiger partial charge in [-0.1, -0.05) is 36.4 Å². The second kappa shape index (κ2) is 10.3. The lowest BCUT2D eigenvalue weighted by Crippen LogP contribution is -2.35. The van der Waals surface area contributed by atoms with Crippen molar-refractivity contribution in [3.8, 4) is 0 Å². The molecular formula is C26H22N4O4. The van der Waals surface area contributed by atoms with Crippen molar-refractivity contribution < 1.29 is 14.5 Å². The molecule has 0 bridgehead atoms. The standard InChI is InChI=1S/C26H22N4O4/c31-25(19-6-2-1-3-7-19)29-24(16-18-10-12-21(13-11-18)30(33)34)26(32)27-15-14-20-17-28-23-9-5-4-8-22(20)23/h1-13,16-17,28H,14-15H2,(H,27,32)(H,29,31)/b24-16+. The van der Waals surface area contributed by atoms with Gasteiger partial charge in [0, 0.05) is 41.3 Å². The van der Waals surface area contributed by atoms with Crippen molar-refractivity contribution in [1.82, 2.24) is 15.6 Å². The third-order valence-electron chi connectivity index (χ3n) is 5.30. The highest BCUT2D eigenvalue weighted by Crippen LogP contribution is 2.18. The molecule has 0 fully saturated rings. The molecule has 1 aromatic heterocycles. The number of carbonyl (C=O) groups excluding carboxylic acids is 2. The highest BCUT2D eigenvalue weighted by atomic mass is 16.6. The number of rotatable bonds is 8. The molecule has 0 spiro atoms. The predicted molar refractivity (Wildman–Crippen MR) is 130 cm³/mol. The summed E-state index contributed by atoms with van der Waals surface area (Å²) in [6.45, 7) is 0.361. The summed E-state index contributed by atoms with van der Waals surface area (Å²) in [5.41, 5.74) is 3.03. The van der Waals surface area contributed by atoms with Crippen LogP contribution in [0.4, 0.5) is 5.69 Å². The third-order valence-corrected chi connectivity index (χ3v) is 5.30. The fourth-order valence-corrected chi connectivity index (χ4v) is 3.55. The smallest absolute Gasteiger partial charge is 0.269 e. The SMILES string of the molecule is O=C(NCCc1c[nH]c2ccccc12)/C(=C\c1ccc([N+](=O)[O-])cc1)NC(=O)c1ccccc1. The highest BCUT2D eigenvalue weighted by molar-refractivity contribution is 6.05. The molecule has 8 heteroatoms. The molecule has 0 saturated carbocycles. The number of nitrogens with one attached hydrogen (secondary N) is 3. The fourth-order valence-electron chi connectivity index (χ4n) is 3.55. The summed E-state index contributed by atoms with van der Waals surface area (Å²) in [6.07, 6.45) is 4.01. The van der Waals surface area contributed by atoms with E-state index in [-0.39, 0.29) is 11.4 Å². The van der Waals surface area contributed by atoms with E-state index in [4.69, 9.17) is 0 Å². The van der Waals surface area contributed by atoms with Gasteiger partial charge in [0.05, 0.1) is 4.92 Å². The molecule has 0 saturated heterocycles. The fraction of sp³-hybridized carbons (Fsp3) is 0.0769. The van der Waals surface area contributed by atoms with Gasteiger partial charge in [-0.05, 0) is 54.0 Å². The first-order valence-electron chi connectivity index (χ1n) is 10.7. The summed E-state index contributed by atoms with van der Waals surface area (Å²) in [5, 5.41) is 17.5.